The zero-order chi connectivity index (χ0) is 18.4. The highest BCUT2D eigenvalue weighted by atomic mass is 16.1. The molecule has 1 fully saturated rings. The first-order valence-corrected chi connectivity index (χ1v) is 9.70. The van der Waals surface area contributed by atoms with Crippen molar-refractivity contribution >= 4 is 11.6 Å². The number of benzene rings is 1. The molecule has 0 saturated heterocycles. The Bertz CT molecular complexity index is 708. The Kier molecular flexibility index (Phi) is 6.26. The SMILES string of the molecule is CC(C)N(Cc1ccccc1)c1cncc(C(=O)NC2CCCCC2)c1. The van der Waals surface area contributed by atoms with E-state index in [2.05, 4.69) is 53.3 Å². The van der Waals surface area contributed by atoms with E-state index in [1.165, 1.54) is 24.8 Å². The van der Waals surface area contributed by atoms with Crippen molar-refractivity contribution in [1.29, 1.82) is 0 Å². The summed E-state index contributed by atoms with van der Waals surface area (Å²) in [5.41, 5.74) is 2.88. The first-order chi connectivity index (χ1) is 12.6. The second kappa shape index (κ2) is 8.84. The summed E-state index contributed by atoms with van der Waals surface area (Å²) in [5, 5.41) is 3.18. The molecule has 1 aliphatic carbocycles. The van der Waals surface area contributed by atoms with E-state index in [0.29, 0.717) is 17.6 Å². The molecule has 1 N–H and O–H groups in total. The summed E-state index contributed by atoms with van der Waals surface area (Å²) in [7, 11) is 0. The molecule has 0 radical (unpaired) electrons. The summed E-state index contributed by atoms with van der Waals surface area (Å²) in [5.74, 6) is -0.00494. The van der Waals surface area contributed by atoms with Gasteiger partial charge in [-0.2, -0.15) is 0 Å². The van der Waals surface area contributed by atoms with E-state index in [1.807, 2.05) is 18.3 Å². The number of hydrogen-bond acceptors (Lipinski definition) is 3. The standard InChI is InChI=1S/C22H29N3O/c1-17(2)25(16-18-9-5-3-6-10-18)21-13-19(14-23-15-21)22(26)24-20-11-7-4-8-12-20/h3,5-6,9-10,13-15,17,20H,4,7-8,11-12,16H2,1-2H3,(H,24,26). The fourth-order valence-corrected chi connectivity index (χ4v) is 3.58. The van der Waals surface area contributed by atoms with Crippen LogP contribution in [0.15, 0.2) is 48.8 Å². The van der Waals surface area contributed by atoms with Gasteiger partial charge >= 0.3 is 0 Å². The van der Waals surface area contributed by atoms with Crippen LogP contribution in [0.4, 0.5) is 5.69 Å². The Labute approximate surface area is 156 Å². The molecular formula is C22H29N3O. The molecule has 0 aliphatic heterocycles. The lowest BCUT2D eigenvalue weighted by atomic mass is 9.95. The van der Waals surface area contributed by atoms with Crippen LogP contribution in [-0.2, 0) is 6.54 Å². The largest absolute Gasteiger partial charge is 0.364 e. The lowest BCUT2D eigenvalue weighted by Gasteiger charge is -2.29. The maximum atomic E-state index is 12.6. The summed E-state index contributed by atoms with van der Waals surface area (Å²) in [6.45, 7) is 5.13. The lowest BCUT2D eigenvalue weighted by Crippen LogP contribution is -2.36. The lowest BCUT2D eigenvalue weighted by molar-refractivity contribution is 0.0927. The Morgan fingerprint density at radius 3 is 2.58 bits per heavy atom. The third-order valence-corrected chi connectivity index (χ3v) is 5.08. The van der Waals surface area contributed by atoms with Crippen molar-refractivity contribution < 1.29 is 4.79 Å². The quantitative estimate of drug-likeness (QED) is 0.830. The van der Waals surface area contributed by atoms with E-state index >= 15 is 0 Å². The average molecular weight is 351 g/mol. The number of aromatic nitrogens is 1. The summed E-state index contributed by atoms with van der Waals surface area (Å²) in [4.78, 5) is 19.3. The third-order valence-electron chi connectivity index (χ3n) is 5.08. The minimum Gasteiger partial charge on any atom is -0.364 e. The zero-order valence-corrected chi connectivity index (χ0v) is 15.8. The third kappa shape index (κ3) is 4.84. The minimum atomic E-state index is -0.00494. The predicted octanol–water partition coefficient (Wildman–Crippen LogP) is 4.56. The zero-order valence-electron chi connectivity index (χ0n) is 15.8. The fourth-order valence-electron chi connectivity index (χ4n) is 3.58. The van der Waals surface area contributed by atoms with E-state index in [4.69, 9.17) is 0 Å². The van der Waals surface area contributed by atoms with Crippen LogP contribution < -0.4 is 10.2 Å². The van der Waals surface area contributed by atoms with E-state index in [-0.39, 0.29) is 5.91 Å². The molecule has 0 atom stereocenters. The van der Waals surface area contributed by atoms with Crippen LogP contribution >= 0.6 is 0 Å². The van der Waals surface area contributed by atoms with Crippen molar-refractivity contribution in [3.05, 3.63) is 59.9 Å². The maximum absolute atomic E-state index is 12.6. The number of hydrogen-bond donors (Lipinski definition) is 1. The summed E-state index contributed by atoms with van der Waals surface area (Å²) in [6.07, 6.45) is 9.40. The molecule has 26 heavy (non-hydrogen) atoms. The van der Waals surface area contributed by atoms with E-state index < -0.39 is 0 Å². The molecule has 1 saturated carbocycles. The Hall–Kier alpha value is -2.36. The van der Waals surface area contributed by atoms with Gasteiger partial charge in [0.25, 0.3) is 5.91 Å². The van der Waals surface area contributed by atoms with Gasteiger partial charge < -0.3 is 10.2 Å². The van der Waals surface area contributed by atoms with Crippen molar-refractivity contribution in [1.82, 2.24) is 10.3 Å². The second-order valence-corrected chi connectivity index (χ2v) is 7.45. The Balaban J connectivity index is 1.74. The van der Waals surface area contributed by atoms with Crippen molar-refractivity contribution in [2.75, 3.05) is 4.90 Å². The molecular weight excluding hydrogens is 322 g/mol. The van der Waals surface area contributed by atoms with Crippen molar-refractivity contribution in [2.45, 2.75) is 64.6 Å². The van der Waals surface area contributed by atoms with Gasteiger partial charge in [-0.25, -0.2) is 0 Å². The summed E-state index contributed by atoms with van der Waals surface area (Å²) < 4.78 is 0. The highest BCUT2D eigenvalue weighted by Crippen LogP contribution is 2.22. The number of nitrogens with zero attached hydrogens (tertiary/aromatic N) is 2. The molecule has 0 spiro atoms. The summed E-state index contributed by atoms with van der Waals surface area (Å²) >= 11 is 0. The van der Waals surface area contributed by atoms with E-state index in [9.17, 15) is 4.79 Å². The normalized spacial score (nSPS) is 15.0. The van der Waals surface area contributed by atoms with Crippen LogP contribution in [0.1, 0.15) is 61.9 Å². The highest BCUT2D eigenvalue weighted by molar-refractivity contribution is 5.95. The molecule has 1 aromatic carbocycles. The molecule has 0 bridgehead atoms. The van der Waals surface area contributed by atoms with Gasteiger partial charge in [-0.3, -0.25) is 9.78 Å². The topological polar surface area (TPSA) is 45.2 Å². The van der Waals surface area contributed by atoms with E-state index in [0.717, 1.165) is 25.1 Å². The van der Waals surface area contributed by atoms with Crippen molar-refractivity contribution in [3.63, 3.8) is 0 Å². The number of anilines is 1. The Morgan fingerprint density at radius 1 is 1.15 bits per heavy atom. The van der Waals surface area contributed by atoms with E-state index in [1.54, 1.807) is 6.20 Å². The van der Waals surface area contributed by atoms with Crippen LogP contribution in [0, 0.1) is 0 Å². The molecule has 1 amide bonds. The molecule has 0 unspecified atom stereocenters. The number of pyridine rings is 1. The number of rotatable bonds is 6. The van der Waals surface area contributed by atoms with Crippen LogP contribution in [0.5, 0.6) is 0 Å². The molecule has 3 rings (SSSR count). The fraction of sp³-hybridized carbons (Fsp3) is 0.455. The molecule has 4 heteroatoms. The van der Waals surface area contributed by atoms with Crippen LogP contribution in [-0.4, -0.2) is 23.0 Å². The Morgan fingerprint density at radius 2 is 1.88 bits per heavy atom. The number of nitrogens with one attached hydrogen (secondary N) is 1. The van der Waals surface area contributed by atoms with Gasteiger partial charge in [0, 0.05) is 24.8 Å². The molecule has 138 valence electrons. The first-order valence-electron chi connectivity index (χ1n) is 9.70. The number of carbonyl (C=O) groups excluding carboxylic acids is 1. The monoisotopic (exact) mass is 351 g/mol. The molecule has 2 aromatic rings. The van der Waals surface area contributed by atoms with Gasteiger partial charge in [-0.15, -0.1) is 0 Å². The average Bonchev–Trinajstić information content (AvgIpc) is 2.67. The summed E-state index contributed by atoms with van der Waals surface area (Å²) in [6, 6.07) is 13.0. The van der Waals surface area contributed by atoms with Gasteiger partial charge in [-0.05, 0) is 38.3 Å². The predicted molar refractivity (Wildman–Crippen MR) is 106 cm³/mol. The van der Waals surface area contributed by atoms with Crippen molar-refractivity contribution in [2.24, 2.45) is 0 Å². The van der Waals surface area contributed by atoms with Gasteiger partial charge in [0.05, 0.1) is 17.4 Å². The van der Waals surface area contributed by atoms with Crippen LogP contribution in [0.25, 0.3) is 0 Å². The minimum absolute atomic E-state index is 0.00494. The van der Waals surface area contributed by atoms with Crippen molar-refractivity contribution in [3.8, 4) is 0 Å². The second-order valence-electron chi connectivity index (χ2n) is 7.45. The van der Waals surface area contributed by atoms with Gasteiger partial charge in [-0.1, -0.05) is 49.6 Å². The first kappa shape index (κ1) is 18.4. The molecule has 1 heterocycles. The smallest absolute Gasteiger partial charge is 0.253 e. The van der Waals surface area contributed by atoms with Crippen LogP contribution in [0.3, 0.4) is 0 Å². The van der Waals surface area contributed by atoms with Gasteiger partial charge in [0.1, 0.15) is 0 Å². The number of amides is 1. The number of carbonyl (C=O) groups is 1. The molecule has 1 aromatic heterocycles. The van der Waals surface area contributed by atoms with Gasteiger partial charge in [0.2, 0.25) is 0 Å². The maximum Gasteiger partial charge on any atom is 0.253 e. The molecule has 1 aliphatic rings. The highest BCUT2D eigenvalue weighted by Gasteiger charge is 2.18. The molecule has 4 nitrogen and oxygen atoms in total. The van der Waals surface area contributed by atoms with Gasteiger partial charge in [0.15, 0.2) is 0 Å². The van der Waals surface area contributed by atoms with Crippen LogP contribution in [0.2, 0.25) is 0 Å².